The number of esters is 1. The van der Waals surface area contributed by atoms with Crippen LogP contribution >= 0.6 is 0 Å². The third-order valence-electron chi connectivity index (χ3n) is 4.98. The zero-order chi connectivity index (χ0) is 24.4. The fourth-order valence-electron chi connectivity index (χ4n) is 3.13. The number of ether oxygens (including phenoxy) is 1. The van der Waals surface area contributed by atoms with Crippen LogP contribution in [0.1, 0.15) is 48.0 Å². The van der Waals surface area contributed by atoms with Crippen LogP contribution in [0.5, 0.6) is 0 Å². The molecule has 2 N–H and O–H groups in total. The highest BCUT2D eigenvalue weighted by atomic mass is 16.6. The largest absolute Gasteiger partial charge is 0.456 e. The summed E-state index contributed by atoms with van der Waals surface area (Å²) in [6, 6.07) is 3.11. The van der Waals surface area contributed by atoms with E-state index >= 15 is 0 Å². The average molecular weight is 447 g/mol. The number of nitro benzene ring substituents is 2. The van der Waals surface area contributed by atoms with Gasteiger partial charge in [-0.25, -0.2) is 4.79 Å². The Morgan fingerprint density at radius 1 is 1.22 bits per heavy atom. The highest BCUT2D eigenvalue weighted by Crippen LogP contribution is 2.30. The number of cyclic esters (lactones) is 1. The Kier molecular flexibility index (Phi) is 6.67. The summed E-state index contributed by atoms with van der Waals surface area (Å²) < 4.78 is 5.31. The first-order valence-electron chi connectivity index (χ1n) is 9.64. The predicted molar refractivity (Wildman–Crippen MR) is 116 cm³/mol. The number of rotatable bonds is 7. The second kappa shape index (κ2) is 8.73. The van der Waals surface area contributed by atoms with Gasteiger partial charge in [-0.15, -0.1) is 0 Å². The van der Waals surface area contributed by atoms with Gasteiger partial charge in [0.05, 0.1) is 27.2 Å². The van der Waals surface area contributed by atoms with Crippen molar-refractivity contribution in [3.8, 4) is 0 Å². The minimum Gasteiger partial charge on any atom is -0.456 e. The number of anilines is 1. The van der Waals surface area contributed by atoms with Crippen LogP contribution in [0.2, 0.25) is 0 Å². The number of hydrazone groups is 1. The lowest BCUT2D eigenvalue weighted by Gasteiger charge is -2.33. The van der Waals surface area contributed by atoms with Crippen molar-refractivity contribution in [3.63, 3.8) is 0 Å². The molecule has 0 radical (unpaired) electrons. The number of non-ortho nitro benzene ring substituents is 1. The molecule has 1 heterocycles. The van der Waals surface area contributed by atoms with Crippen molar-refractivity contribution in [2.75, 3.05) is 5.43 Å². The van der Waals surface area contributed by atoms with Crippen LogP contribution in [-0.2, 0) is 14.3 Å². The Bertz CT molecular complexity index is 1060. The second-order valence-corrected chi connectivity index (χ2v) is 8.59. The molecule has 1 aromatic carbocycles. The highest BCUT2D eigenvalue weighted by molar-refractivity contribution is 6.18. The molecule has 1 aliphatic heterocycles. The number of benzene rings is 1. The maximum Gasteiger partial charge on any atom is 0.344 e. The standard InChI is InChI=1S/C20H25N5O7/c1-11-10-19(3,4)32-18(27)16(11)17(26)21-20(5,6)12(2)22-23-14-8-7-13(24(28)29)9-15(14)25(30)31/h7-9,23H,10H2,1-6H3,(H,21,26). The van der Waals surface area contributed by atoms with Crippen molar-refractivity contribution >= 4 is 34.7 Å². The first-order valence-corrected chi connectivity index (χ1v) is 9.64. The van der Waals surface area contributed by atoms with Gasteiger partial charge in [-0.05, 0) is 53.2 Å². The molecule has 0 aromatic heterocycles. The summed E-state index contributed by atoms with van der Waals surface area (Å²) in [5.41, 5.74) is 0.648. The van der Waals surface area contributed by atoms with E-state index in [2.05, 4.69) is 15.8 Å². The fourth-order valence-corrected chi connectivity index (χ4v) is 3.13. The molecule has 1 amide bonds. The maximum absolute atomic E-state index is 12.8. The number of amides is 1. The molecule has 0 saturated carbocycles. The average Bonchev–Trinajstić information content (AvgIpc) is 2.63. The van der Waals surface area contributed by atoms with Gasteiger partial charge in [-0.1, -0.05) is 0 Å². The van der Waals surface area contributed by atoms with Gasteiger partial charge >= 0.3 is 11.7 Å². The number of carbonyl (C=O) groups excluding carboxylic acids is 2. The summed E-state index contributed by atoms with van der Waals surface area (Å²) in [4.78, 5) is 45.7. The van der Waals surface area contributed by atoms with Gasteiger partial charge in [-0.2, -0.15) is 5.10 Å². The summed E-state index contributed by atoms with van der Waals surface area (Å²) in [6.45, 7) is 10.1. The van der Waals surface area contributed by atoms with Gasteiger partial charge in [0.15, 0.2) is 0 Å². The molecule has 0 fully saturated rings. The van der Waals surface area contributed by atoms with E-state index in [0.717, 1.165) is 12.1 Å². The molecule has 0 unspecified atom stereocenters. The van der Waals surface area contributed by atoms with E-state index in [1.165, 1.54) is 6.07 Å². The molecule has 12 nitrogen and oxygen atoms in total. The number of hydrogen-bond acceptors (Lipinski definition) is 9. The van der Waals surface area contributed by atoms with Crippen LogP contribution < -0.4 is 10.7 Å². The fraction of sp³-hybridized carbons (Fsp3) is 0.450. The smallest absolute Gasteiger partial charge is 0.344 e. The normalized spacial score (nSPS) is 16.3. The Balaban J connectivity index is 2.23. The summed E-state index contributed by atoms with van der Waals surface area (Å²) in [5, 5.41) is 28.9. The summed E-state index contributed by atoms with van der Waals surface area (Å²) in [7, 11) is 0. The van der Waals surface area contributed by atoms with E-state index in [9.17, 15) is 29.8 Å². The second-order valence-electron chi connectivity index (χ2n) is 8.59. The van der Waals surface area contributed by atoms with E-state index in [1.807, 2.05) is 0 Å². The molecule has 0 saturated heterocycles. The summed E-state index contributed by atoms with van der Waals surface area (Å²) >= 11 is 0. The number of hydrogen-bond donors (Lipinski definition) is 2. The molecule has 0 aliphatic carbocycles. The van der Waals surface area contributed by atoms with Gasteiger partial charge in [0.25, 0.3) is 11.6 Å². The van der Waals surface area contributed by atoms with Gasteiger partial charge in [0.2, 0.25) is 0 Å². The number of nitrogens with zero attached hydrogens (tertiary/aromatic N) is 3. The van der Waals surface area contributed by atoms with Gasteiger partial charge in [-0.3, -0.25) is 30.4 Å². The van der Waals surface area contributed by atoms with Crippen molar-refractivity contribution < 1.29 is 24.2 Å². The van der Waals surface area contributed by atoms with Crippen LogP contribution in [0.15, 0.2) is 34.4 Å². The Labute approximate surface area is 184 Å². The van der Waals surface area contributed by atoms with Crippen molar-refractivity contribution in [2.45, 2.75) is 59.1 Å². The number of nitro groups is 2. The first kappa shape index (κ1) is 24.4. The molecule has 0 bridgehead atoms. The predicted octanol–water partition coefficient (Wildman–Crippen LogP) is 3.23. The lowest BCUT2D eigenvalue weighted by atomic mass is 9.91. The third-order valence-corrected chi connectivity index (χ3v) is 4.98. The highest BCUT2D eigenvalue weighted by Gasteiger charge is 2.37. The monoisotopic (exact) mass is 447 g/mol. The molecular formula is C20H25N5O7. The number of nitrogens with one attached hydrogen (secondary N) is 2. The molecule has 2 rings (SSSR count). The minimum absolute atomic E-state index is 0.0567. The summed E-state index contributed by atoms with van der Waals surface area (Å²) in [6.07, 6.45) is 0.417. The molecule has 12 heteroatoms. The molecule has 1 aromatic rings. The maximum atomic E-state index is 12.8. The van der Waals surface area contributed by atoms with E-state index in [1.54, 1.807) is 41.5 Å². The van der Waals surface area contributed by atoms with E-state index in [-0.39, 0.29) is 11.3 Å². The Morgan fingerprint density at radius 3 is 2.38 bits per heavy atom. The van der Waals surface area contributed by atoms with Gasteiger partial charge in [0.1, 0.15) is 16.9 Å². The molecule has 0 spiro atoms. The molecular weight excluding hydrogens is 422 g/mol. The first-order chi connectivity index (χ1) is 14.6. The van der Waals surface area contributed by atoms with Crippen LogP contribution in [-0.4, -0.2) is 38.6 Å². The van der Waals surface area contributed by atoms with Crippen LogP contribution in [0.4, 0.5) is 17.1 Å². The van der Waals surface area contributed by atoms with E-state index in [0.29, 0.717) is 17.7 Å². The van der Waals surface area contributed by atoms with Gasteiger partial charge < -0.3 is 10.1 Å². The lowest BCUT2D eigenvalue weighted by molar-refractivity contribution is -0.393. The van der Waals surface area contributed by atoms with E-state index in [4.69, 9.17) is 4.74 Å². The zero-order valence-electron chi connectivity index (χ0n) is 18.6. The Morgan fingerprint density at radius 2 is 1.84 bits per heavy atom. The quantitative estimate of drug-likeness (QED) is 0.211. The van der Waals surface area contributed by atoms with Gasteiger partial charge in [0, 0.05) is 12.5 Å². The zero-order valence-corrected chi connectivity index (χ0v) is 18.6. The van der Waals surface area contributed by atoms with Crippen LogP contribution in [0.25, 0.3) is 0 Å². The van der Waals surface area contributed by atoms with Crippen LogP contribution in [0.3, 0.4) is 0 Å². The van der Waals surface area contributed by atoms with Crippen LogP contribution in [0, 0.1) is 20.2 Å². The third kappa shape index (κ3) is 5.45. The van der Waals surface area contributed by atoms with Crippen molar-refractivity contribution in [3.05, 3.63) is 49.6 Å². The number of carbonyl (C=O) groups is 2. The SMILES string of the molecule is CC(=NNc1ccc([N+](=O)[O-])cc1[N+](=O)[O-])C(C)(C)NC(=O)C1=C(C)CC(C)(C)OC1=O. The topological polar surface area (TPSA) is 166 Å². The Hall–Kier alpha value is -3.83. The molecule has 1 aliphatic rings. The summed E-state index contributed by atoms with van der Waals surface area (Å²) in [5.74, 6) is -1.33. The molecule has 0 atom stereocenters. The molecule has 172 valence electrons. The minimum atomic E-state index is -1.04. The van der Waals surface area contributed by atoms with E-state index < -0.39 is 44.2 Å². The lowest BCUT2D eigenvalue weighted by Crippen LogP contribution is -2.51. The molecule has 32 heavy (non-hydrogen) atoms. The van der Waals surface area contributed by atoms with Crippen molar-refractivity contribution in [2.24, 2.45) is 5.10 Å². The van der Waals surface area contributed by atoms with Crippen molar-refractivity contribution in [1.82, 2.24) is 5.32 Å². The van der Waals surface area contributed by atoms with Crippen molar-refractivity contribution in [1.29, 1.82) is 0 Å².